The van der Waals surface area contributed by atoms with E-state index in [1.165, 1.54) is 21.7 Å². The first-order valence-electron chi connectivity index (χ1n) is 9.09. The Hall–Kier alpha value is -1.46. The molecular weight excluding hydrogens is 454 g/mol. The minimum Gasteiger partial charge on any atom is -0.339 e. The van der Waals surface area contributed by atoms with Crippen LogP contribution in [0.3, 0.4) is 0 Å². The summed E-state index contributed by atoms with van der Waals surface area (Å²) in [4.78, 5) is 27.6. The van der Waals surface area contributed by atoms with E-state index in [-0.39, 0.29) is 48.1 Å². The van der Waals surface area contributed by atoms with E-state index in [1.807, 2.05) is 19.2 Å². The molecule has 29 heavy (non-hydrogen) atoms. The van der Waals surface area contributed by atoms with E-state index in [4.69, 9.17) is 11.6 Å². The van der Waals surface area contributed by atoms with Crippen molar-refractivity contribution in [2.24, 2.45) is 5.92 Å². The molecule has 158 valence electrons. The van der Waals surface area contributed by atoms with E-state index in [9.17, 15) is 18.0 Å². The number of carbonyl (C=O) groups excluding carboxylic acids is 2. The van der Waals surface area contributed by atoms with Crippen molar-refractivity contribution in [3.63, 3.8) is 0 Å². The molecule has 0 spiro atoms. The Kier molecular flexibility index (Phi) is 7.00. The molecule has 2 amide bonds. The number of nitrogens with one attached hydrogen (secondary N) is 1. The quantitative estimate of drug-likeness (QED) is 0.695. The molecule has 3 rings (SSSR count). The lowest BCUT2D eigenvalue weighted by atomic mass is 10.0. The van der Waals surface area contributed by atoms with Crippen LogP contribution in [0.5, 0.6) is 0 Å². The molecule has 0 aliphatic carbocycles. The molecule has 1 saturated heterocycles. The maximum Gasteiger partial charge on any atom is 0.262 e. The van der Waals surface area contributed by atoms with Crippen LogP contribution in [0.1, 0.15) is 23.5 Å². The standard InChI is InChI=1S/C18H22ClN3O4S3/c1-12(2)16(20-17(23)13-4-3-11-27-13)18(24)21-7-9-22(10-8-21)29(25,26)15-6-5-14(19)28-15/h3-6,11-12,16H,7-10H2,1-2H3,(H,20,23). The van der Waals surface area contributed by atoms with Gasteiger partial charge in [-0.15, -0.1) is 22.7 Å². The van der Waals surface area contributed by atoms with Gasteiger partial charge in [-0.1, -0.05) is 31.5 Å². The summed E-state index contributed by atoms with van der Waals surface area (Å²) in [6.07, 6.45) is 0. The van der Waals surface area contributed by atoms with Gasteiger partial charge >= 0.3 is 0 Å². The number of halogens is 1. The third-order valence-corrected chi connectivity index (χ3v) is 9.12. The van der Waals surface area contributed by atoms with E-state index in [0.717, 1.165) is 11.3 Å². The summed E-state index contributed by atoms with van der Waals surface area (Å²) in [6, 6.07) is 5.88. The monoisotopic (exact) mass is 475 g/mol. The molecule has 0 bridgehead atoms. The molecule has 3 heterocycles. The minimum absolute atomic E-state index is 0.0959. The van der Waals surface area contributed by atoms with Crippen molar-refractivity contribution in [1.29, 1.82) is 0 Å². The second-order valence-electron chi connectivity index (χ2n) is 6.96. The van der Waals surface area contributed by atoms with E-state index in [1.54, 1.807) is 23.1 Å². The van der Waals surface area contributed by atoms with Crippen LogP contribution in [-0.4, -0.2) is 61.7 Å². The average Bonchev–Trinajstić information content (AvgIpc) is 3.37. The van der Waals surface area contributed by atoms with Gasteiger partial charge < -0.3 is 10.2 Å². The fourth-order valence-corrected chi connectivity index (χ4v) is 6.73. The van der Waals surface area contributed by atoms with Crippen molar-refractivity contribution in [2.75, 3.05) is 26.2 Å². The van der Waals surface area contributed by atoms with Crippen molar-refractivity contribution in [3.8, 4) is 0 Å². The largest absolute Gasteiger partial charge is 0.339 e. The van der Waals surface area contributed by atoms with Crippen LogP contribution in [0.2, 0.25) is 4.34 Å². The SMILES string of the molecule is CC(C)C(NC(=O)c1cccs1)C(=O)N1CCN(S(=O)(=O)c2ccc(Cl)s2)CC1. The molecule has 0 aromatic carbocycles. The Morgan fingerprint density at radius 2 is 1.83 bits per heavy atom. The maximum atomic E-state index is 13.0. The lowest BCUT2D eigenvalue weighted by molar-refractivity contribution is -0.135. The lowest BCUT2D eigenvalue weighted by Gasteiger charge is -2.36. The van der Waals surface area contributed by atoms with Crippen LogP contribution in [0.25, 0.3) is 0 Å². The Morgan fingerprint density at radius 3 is 2.34 bits per heavy atom. The summed E-state index contributed by atoms with van der Waals surface area (Å²) in [5, 5.41) is 4.63. The third-order valence-electron chi connectivity index (χ3n) is 4.66. The number of hydrogen-bond acceptors (Lipinski definition) is 6. The molecule has 7 nitrogen and oxygen atoms in total. The molecule has 1 aliphatic rings. The molecular formula is C18H22ClN3O4S3. The van der Waals surface area contributed by atoms with Crippen LogP contribution in [0.4, 0.5) is 0 Å². The lowest BCUT2D eigenvalue weighted by Crippen LogP contribution is -2.57. The Morgan fingerprint density at radius 1 is 1.14 bits per heavy atom. The molecule has 1 N–H and O–H groups in total. The maximum absolute atomic E-state index is 13.0. The molecule has 1 fully saturated rings. The number of rotatable bonds is 6. The smallest absolute Gasteiger partial charge is 0.262 e. The highest BCUT2D eigenvalue weighted by Gasteiger charge is 2.34. The summed E-state index contributed by atoms with van der Waals surface area (Å²) >= 11 is 8.20. The van der Waals surface area contributed by atoms with E-state index in [2.05, 4.69) is 5.32 Å². The van der Waals surface area contributed by atoms with Gasteiger partial charge in [0.1, 0.15) is 10.3 Å². The van der Waals surface area contributed by atoms with Crippen LogP contribution in [0.15, 0.2) is 33.9 Å². The van der Waals surface area contributed by atoms with Crippen LogP contribution in [-0.2, 0) is 14.8 Å². The zero-order chi connectivity index (χ0) is 21.2. The zero-order valence-corrected chi connectivity index (χ0v) is 19.2. The van der Waals surface area contributed by atoms with Gasteiger partial charge in [0.05, 0.1) is 9.21 Å². The molecule has 1 aliphatic heterocycles. The van der Waals surface area contributed by atoms with Crippen molar-refractivity contribution < 1.29 is 18.0 Å². The Balaban J connectivity index is 1.64. The topological polar surface area (TPSA) is 86.8 Å². The highest BCUT2D eigenvalue weighted by Crippen LogP contribution is 2.28. The fraction of sp³-hybridized carbons (Fsp3) is 0.444. The van der Waals surface area contributed by atoms with Gasteiger partial charge in [-0.2, -0.15) is 4.31 Å². The van der Waals surface area contributed by atoms with Crippen molar-refractivity contribution >= 4 is 56.1 Å². The highest BCUT2D eigenvalue weighted by atomic mass is 35.5. The fourth-order valence-electron chi connectivity index (χ4n) is 3.04. The molecule has 2 aromatic rings. The summed E-state index contributed by atoms with van der Waals surface area (Å²) in [7, 11) is -3.61. The van der Waals surface area contributed by atoms with Gasteiger partial charge in [-0.3, -0.25) is 9.59 Å². The minimum atomic E-state index is -3.61. The molecule has 0 radical (unpaired) electrons. The van der Waals surface area contributed by atoms with Crippen LogP contribution in [0, 0.1) is 5.92 Å². The number of hydrogen-bond donors (Lipinski definition) is 1. The third kappa shape index (κ3) is 5.00. The van der Waals surface area contributed by atoms with E-state index >= 15 is 0 Å². The number of piperazine rings is 1. The first-order chi connectivity index (χ1) is 13.7. The molecule has 2 aromatic heterocycles. The predicted molar refractivity (Wildman–Crippen MR) is 115 cm³/mol. The van der Waals surface area contributed by atoms with Gasteiger partial charge in [0.25, 0.3) is 15.9 Å². The summed E-state index contributed by atoms with van der Waals surface area (Å²) < 4.78 is 27.4. The first kappa shape index (κ1) is 22.2. The predicted octanol–water partition coefficient (Wildman–Crippen LogP) is 2.75. The summed E-state index contributed by atoms with van der Waals surface area (Å²) in [5.41, 5.74) is 0. The number of amides is 2. The Bertz CT molecular complexity index is 964. The van der Waals surface area contributed by atoms with Crippen LogP contribution < -0.4 is 5.32 Å². The number of carbonyl (C=O) groups is 2. The van der Waals surface area contributed by atoms with Crippen molar-refractivity contribution in [2.45, 2.75) is 24.1 Å². The number of thiophene rings is 2. The van der Waals surface area contributed by atoms with Crippen LogP contribution >= 0.6 is 34.3 Å². The van der Waals surface area contributed by atoms with Crippen molar-refractivity contribution in [3.05, 3.63) is 38.9 Å². The Labute approximate surface area is 183 Å². The van der Waals surface area contributed by atoms with Gasteiger partial charge in [-0.05, 0) is 29.5 Å². The molecule has 1 atom stereocenters. The second kappa shape index (κ2) is 9.13. The molecule has 0 saturated carbocycles. The highest BCUT2D eigenvalue weighted by molar-refractivity contribution is 7.91. The number of nitrogens with zero attached hydrogens (tertiary/aromatic N) is 2. The van der Waals surface area contributed by atoms with Gasteiger partial charge in [-0.25, -0.2) is 8.42 Å². The average molecular weight is 476 g/mol. The zero-order valence-electron chi connectivity index (χ0n) is 16.0. The van der Waals surface area contributed by atoms with Crippen molar-refractivity contribution in [1.82, 2.24) is 14.5 Å². The summed E-state index contributed by atoms with van der Waals surface area (Å²) in [5.74, 6) is -0.564. The molecule has 11 heteroatoms. The first-order valence-corrected chi connectivity index (χ1v) is 12.6. The van der Waals surface area contributed by atoms with Gasteiger partial charge in [0, 0.05) is 26.2 Å². The normalized spacial score (nSPS) is 16.8. The number of sulfonamides is 1. The summed E-state index contributed by atoms with van der Waals surface area (Å²) in [6.45, 7) is 4.70. The second-order valence-corrected chi connectivity index (χ2v) is 11.8. The van der Waals surface area contributed by atoms with Gasteiger partial charge in [0.2, 0.25) is 5.91 Å². The van der Waals surface area contributed by atoms with E-state index in [0.29, 0.717) is 9.21 Å². The van der Waals surface area contributed by atoms with E-state index < -0.39 is 16.1 Å². The van der Waals surface area contributed by atoms with Gasteiger partial charge in [0.15, 0.2) is 0 Å². The molecule has 1 unspecified atom stereocenters.